The predicted molar refractivity (Wildman–Crippen MR) is 152 cm³/mol. The van der Waals surface area contributed by atoms with Crippen molar-refractivity contribution in [3.63, 3.8) is 0 Å². The summed E-state index contributed by atoms with van der Waals surface area (Å²) in [5, 5.41) is 8.03. The van der Waals surface area contributed by atoms with E-state index < -0.39 is 0 Å². The second-order valence-corrected chi connectivity index (χ2v) is 10.1. The average molecular weight is 522 g/mol. The van der Waals surface area contributed by atoms with E-state index in [1.165, 1.54) is 0 Å². The molecule has 8 nitrogen and oxygen atoms in total. The van der Waals surface area contributed by atoms with Gasteiger partial charge in [0.1, 0.15) is 0 Å². The summed E-state index contributed by atoms with van der Waals surface area (Å²) in [5.74, 6) is 0.545. The number of aromatic nitrogens is 3. The standard InChI is InChI=1S/C28H36ClN7O/c1-20(9-6-7-14-30-26(37)12-8-15-35(2)3)36-16-13-21(19-36)33-28-32-18-24(29)27(34-28)23-17-31-25-11-5-4-10-22(23)25/h4-5,8,10-12,17-18,21,31H,1,6-7,9,13-16,19H2,2-3H3,(H,30,37)(H,32,33,34)/b12-8+. The Hall–Kier alpha value is -3.36. The molecule has 1 aliphatic rings. The van der Waals surface area contributed by atoms with Crippen LogP contribution < -0.4 is 10.6 Å². The minimum absolute atomic E-state index is 0.0357. The number of hydrogen-bond donors (Lipinski definition) is 3. The van der Waals surface area contributed by atoms with Crippen LogP contribution in [-0.2, 0) is 4.79 Å². The maximum atomic E-state index is 11.8. The van der Waals surface area contributed by atoms with Crippen LogP contribution in [0.1, 0.15) is 25.7 Å². The number of halogens is 1. The van der Waals surface area contributed by atoms with Crippen LogP contribution in [0.25, 0.3) is 22.2 Å². The normalized spacial score (nSPS) is 15.7. The molecular formula is C28H36ClN7O. The summed E-state index contributed by atoms with van der Waals surface area (Å²) in [6, 6.07) is 8.34. The third-order valence-electron chi connectivity index (χ3n) is 6.49. The molecule has 0 bridgehead atoms. The van der Waals surface area contributed by atoms with Crippen LogP contribution in [-0.4, -0.2) is 77.0 Å². The topological polar surface area (TPSA) is 89.2 Å². The number of fused-ring (bicyclic) bond motifs is 1. The molecule has 3 aromatic rings. The first kappa shape index (κ1) is 26.7. The Morgan fingerprint density at radius 2 is 2.16 bits per heavy atom. The Bertz CT molecular complexity index is 1250. The van der Waals surface area contributed by atoms with Crippen molar-refractivity contribution >= 4 is 34.4 Å². The molecule has 1 amide bonds. The second kappa shape index (κ2) is 12.7. The van der Waals surface area contributed by atoms with Gasteiger partial charge in [0.2, 0.25) is 11.9 Å². The molecule has 1 unspecified atom stereocenters. The number of carbonyl (C=O) groups is 1. The number of para-hydroxylation sites is 1. The molecule has 0 radical (unpaired) electrons. The second-order valence-electron chi connectivity index (χ2n) is 9.69. The van der Waals surface area contributed by atoms with Crippen LogP contribution in [0.3, 0.4) is 0 Å². The smallest absolute Gasteiger partial charge is 0.243 e. The molecule has 37 heavy (non-hydrogen) atoms. The SMILES string of the molecule is C=C(CCCCNC(=O)/C=C/CN(C)C)N1CCC(Nc2ncc(Cl)c(-c3c[nH]c4ccccc34)n2)C1. The van der Waals surface area contributed by atoms with Gasteiger partial charge in [0.15, 0.2) is 0 Å². The van der Waals surface area contributed by atoms with E-state index >= 15 is 0 Å². The van der Waals surface area contributed by atoms with Crippen molar-refractivity contribution in [2.45, 2.75) is 31.7 Å². The maximum absolute atomic E-state index is 11.8. The number of unbranched alkanes of at least 4 members (excludes halogenated alkanes) is 1. The Balaban J connectivity index is 1.22. The molecule has 3 heterocycles. The lowest BCUT2D eigenvalue weighted by Crippen LogP contribution is -2.26. The summed E-state index contributed by atoms with van der Waals surface area (Å²) in [4.78, 5) is 28.6. The van der Waals surface area contributed by atoms with Crippen LogP contribution in [0.4, 0.5) is 5.95 Å². The maximum Gasteiger partial charge on any atom is 0.243 e. The van der Waals surface area contributed by atoms with Crippen molar-refractivity contribution in [2.75, 3.05) is 45.6 Å². The van der Waals surface area contributed by atoms with E-state index in [0.717, 1.165) is 73.2 Å². The lowest BCUT2D eigenvalue weighted by Gasteiger charge is -2.21. The number of allylic oxidation sites excluding steroid dienone is 1. The van der Waals surface area contributed by atoms with Gasteiger partial charge in [-0.3, -0.25) is 4.79 Å². The molecule has 196 valence electrons. The molecule has 0 spiro atoms. The van der Waals surface area contributed by atoms with Gasteiger partial charge < -0.3 is 25.4 Å². The minimum atomic E-state index is -0.0357. The molecule has 4 rings (SSSR count). The molecule has 1 saturated heterocycles. The van der Waals surface area contributed by atoms with Crippen LogP contribution in [0.2, 0.25) is 5.02 Å². The minimum Gasteiger partial charge on any atom is -0.373 e. The van der Waals surface area contributed by atoms with Gasteiger partial charge in [0.05, 0.1) is 16.9 Å². The number of carbonyl (C=O) groups excluding carboxylic acids is 1. The quantitative estimate of drug-likeness (QED) is 0.237. The summed E-state index contributed by atoms with van der Waals surface area (Å²) >= 11 is 6.48. The third-order valence-corrected chi connectivity index (χ3v) is 6.76. The van der Waals surface area contributed by atoms with E-state index in [-0.39, 0.29) is 11.9 Å². The van der Waals surface area contributed by atoms with Gasteiger partial charge in [-0.05, 0) is 45.8 Å². The molecule has 1 atom stereocenters. The fourth-order valence-corrected chi connectivity index (χ4v) is 4.69. The summed E-state index contributed by atoms with van der Waals surface area (Å²) in [6.45, 7) is 7.55. The largest absolute Gasteiger partial charge is 0.373 e. The first-order valence-electron chi connectivity index (χ1n) is 12.8. The molecule has 1 aliphatic heterocycles. The van der Waals surface area contributed by atoms with Gasteiger partial charge in [-0.2, -0.15) is 0 Å². The highest BCUT2D eigenvalue weighted by molar-refractivity contribution is 6.33. The third kappa shape index (κ3) is 7.33. The van der Waals surface area contributed by atoms with Gasteiger partial charge in [-0.15, -0.1) is 0 Å². The average Bonchev–Trinajstić information content (AvgIpc) is 3.52. The number of benzene rings is 1. The van der Waals surface area contributed by atoms with E-state index in [0.29, 0.717) is 17.5 Å². The van der Waals surface area contributed by atoms with Crippen LogP contribution in [0.15, 0.2) is 61.1 Å². The van der Waals surface area contributed by atoms with E-state index in [4.69, 9.17) is 16.6 Å². The lowest BCUT2D eigenvalue weighted by molar-refractivity contribution is -0.116. The highest BCUT2D eigenvalue weighted by Gasteiger charge is 2.24. The van der Waals surface area contributed by atoms with Crippen LogP contribution in [0.5, 0.6) is 0 Å². The fraction of sp³-hybridized carbons (Fsp3) is 0.393. The number of H-pyrrole nitrogens is 1. The van der Waals surface area contributed by atoms with E-state index in [2.05, 4.69) is 38.1 Å². The van der Waals surface area contributed by atoms with Crippen molar-refractivity contribution in [3.05, 3.63) is 66.1 Å². The summed E-state index contributed by atoms with van der Waals surface area (Å²) in [5.41, 5.74) is 3.87. The molecule has 0 saturated carbocycles. The predicted octanol–water partition coefficient (Wildman–Crippen LogP) is 4.68. The number of nitrogens with one attached hydrogen (secondary N) is 3. The van der Waals surface area contributed by atoms with Gasteiger partial charge in [-0.25, -0.2) is 9.97 Å². The van der Waals surface area contributed by atoms with Crippen molar-refractivity contribution in [1.29, 1.82) is 0 Å². The van der Waals surface area contributed by atoms with Crippen molar-refractivity contribution in [3.8, 4) is 11.3 Å². The van der Waals surface area contributed by atoms with Gasteiger partial charge in [0, 0.05) is 66.7 Å². The molecule has 9 heteroatoms. The van der Waals surface area contributed by atoms with Crippen LogP contribution >= 0.6 is 11.6 Å². The number of rotatable bonds is 12. The Morgan fingerprint density at radius 1 is 1.32 bits per heavy atom. The first-order chi connectivity index (χ1) is 17.9. The molecule has 1 aromatic carbocycles. The fourth-order valence-electron chi connectivity index (χ4n) is 4.49. The lowest BCUT2D eigenvalue weighted by atomic mass is 10.1. The first-order valence-corrected chi connectivity index (χ1v) is 13.2. The monoisotopic (exact) mass is 521 g/mol. The number of likely N-dealkylation sites (tertiary alicyclic amines) is 1. The van der Waals surface area contributed by atoms with Crippen molar-refractivity contribution in [1.82, 2.24) is 30.1 Å². The van der Waals surface area contributed by atoms with Gasteiger partial charge in [0.25, 0.3) is 0 Å². The number of nitrogens with zero attached hydrogens (tertiary/aromatic N) is 4. The molecule has 2 aromatic heterocycles. The van der Waals surface area contributed by atoms with E-state index in [1.54, 1.807) is 12.3 Å². The van der Waals surface area contributed by atoms with Crippen molar-refractivity contribution < 1.29 is 4.79 Å². The zero-order valence-corrected chi connectivity index (χ0v) is 22.4. The highest BCUT2D eigenvalue weighted by Crippen LogP contribution is 2.32. The number of hydrogen-bond acceptors (Lipinski definition) is 6. The molecule has 1 fully saturated rings. The number of anilines is 1. The van der Waals surface area contributed by atoms with E-state index in [9.17, 15) is 4.79 Å². The summed E-state index contributed by atoms with van der Waals surface area (Å²) in [6.07, 6.45) is 10.9. The highest BCUT2D eigenvalue weighted by atomic mass is 35.5. The van der Waals surface area contributed by atoms with Gasteiger partial charge in [-0.1, -0.05) is 42.5 Å². The molecule has 3 N–H and O–H groups in total. The number of likely N-dealkylation sites (N-methyl/N-ethyl adjacent to an activating group) is 1. The van der Waals surface area contributed by atoms with Gasteiger partial charge >= 0.3 is 0 Å². The number of aromatic amines is 1. The Labute approximate surface area is 223 Å². The zero-order chi connectivity index (χ0) is 26.2. The van der Waals surface area contributed by atoms with Crippen LogP contribution in [0, 0.1) is 0 Å². The van der Waals surface area contributed by atoms with Crippen molar-refractivity contribution in [2.24, 2.45) is 0 Å². The zero-order valence-electron chi connectivity index (χ0n) is 21.6. The number of amides is 1. The Kier molecular flexibility index (Phi) is 9.19. The summed E-state index contributed by atoms with van der Waals surface area (Å²) in [7, 11) is 3.95. The molecule has 0 aliphatic carbocycles. The summed E-state index contributed by atoms with van der Waals surface area (Å²) < 4.78 is 0. The Morgan fingerprint density at radius 3 is 3.00 bits per heavy atom. The van der Waals surface area contributed by atoms with E-state index in [1.807, 2.05) is 49.5 Å². The molecular weight excluding hydrogens is 486 g/mol.